The maximum atomic E-state index is 12.9. The summed E-state index contributed by atoms with van der Waals surface area (Å²) in [6.07, 6.45) is -0.853. The van der Waals surface area contributed by atoms with Crippen LogP contribution in [0.1, 0.15) is 11.5 Å². The molecule has 7 nitrogen and oxygen atoms in total. The second-order valence-corrected chi connectivity index (χ2v) is 5.81. The van der Waals surface area contributed by atoms with Gasteiger partial charge in [0, 0.05) is 11.3 Å². The first-order chi connectivity index (χ1) is 11.9. The number of rotatable bonds is 3. The minimum Gasteiger partial charge on any atom is -0.367 e. The Morgan fingerprint density at radius 3 is 2.76 bits per heavy atom. The topological polar surface area (TPSA) is 86.9 Å². The normalized spacial score (nSPS) is 11.9. The quantitative estimate of drug-likeness (QED) is 0.618. The molecule has 0 unspecified atom stereocenters. The molecule has 0 saturated heterocycles. The van der Waals surface area contributed by atoms with Gasteiger partial charge < -0.3 is 10.3 Å². The molecule has 4 aromatic rings. The van der Waals surface area contributed by atoms with Gasteiger partial charge in [0.1, 0.15) is 11.3 Å². The van der Waals surface area contributed by atoms with Crippen LogP contribution in [0.5, 0.6) is 0 Å². The van der Waals surface area contributed by atoms with E-state index < -0.39 is 13.0 Å². The van der Waals surface area contributed by atoms with Crippen LogP contribution in [0, 0.1) is 13.8 Å². The first kappa shape index (κ1) is 15.4. The molecule has 2 N–H and O–H groups in total. The predicted molar refractivity (Wildman–Crippen MR) is 89.4 cm³/mol. The lowest BCUT2D eigenvalue weighted by Crippen LogP contribution is -2.08. The van der Waals surface area contributed by atoms with Crippen LogP contribution >= 0.6 is 0 Å². The molecule has 4 aromatic heterocycles. The Hall–Kier alpha value is -3.10. The van der Waals surface area contributed by atoms with Crippen LogP contribution in [0.15, 0.2) is 24.4 Å². The summed E-state index contributed by atoms with van der Waals surface area (Å²) in [6, 6.07) is 5.51. The number of halogens is 2. The fourth-order valence-corrected chi connectivity index (χ4v) is 2.99. The average Bonchev–Trinajstić information content (AvgIpc) is 3.04. The number of pyridine rings is 1. The zero-order chi connectivity index (χ0) is 17.7. The number of imidazole rings is 1. The summed E-state index contributed by atoms with van der Waals surface area (Å²) >= 11 is 0. The monoisotopic (exact) mass is 343 g/mol. The van der Waals surface area contributed by atoms with E-state index in [-0.39, 0.29) is 5.95 Å². The van der Waals surface area contributed by atoms with Gasteiger partial charge in [0.05, 0.1) is 24.0 Å². The highest BCUT2D eigenvalue weighted by atomic mass is 19.3. The highest BCUT2D eigenvalue weighted by Gasteiger charge is 2.16. The Bertz CT molecular complexity index is 1100. The third kappa shape index (κ3) is 2.48. The van der Waals surface area contributed by atoms with Gasteiger partial charge in [-0.05, 0) is 32.0 Å². The number of hydrogen-bond acceptors (Lipinski definition) is 5. The van der Waals surface area contributed by atoms with E-state index in [2.05, 4.69) is 20.1 Å². The summed E-state index contributed by atoms with van der Waals surface area (Å²) in [5.41, 5.74) is 9.73. The molecule has 0 spiro atoms. The lowest BCUT2D eigenvalue weighted by molar-refractivity contribution is 0.127. The van der Waals surface area contributed by atoms with Crippen LogP contribution < -0.4 is 5.73 Å². The maximum Gasteiger partial charge on any atom is 0.256 e. The third-order valence-corrected chi connectivity index (χ3v) is 4.09. The van der Waals surface area contributed by atoms with Crippen LogP contribution in [0.25, 0.3) is 27.9 Å². The molecule has 0 fully saturated rings. The molecule has 0 radical (unpaired) electrons. The summed E-state index contributed by atoms with van der Waals surface area (Å²) in [5, 5.41) is 4.18. The summed E-state index contributed by atoms with van der Waals surface area (Å²) in [6.45, 7) is 3.15. The molecule has 128 valence electrons. The maximum absolute atomic E-state index is 12.9. The van der Waals surface area contributed by atoms with E-state index in [4.69, 9.17) is 5.73 Å². The smallest absolute Gasteiger partial charge is 0.256 e. The lowest BCUT2D eigenvalue weighted by Gasteiger charge is -2.06. The SMILES string of the molecule is Cc1nc2ccc(-c3cc(C)n4nc(N)ncc34)nc2n1CC(F)F. The molecule has 0 amide bonds. The number of aromatic nitrogens is 6. The molecule has 9 heteroatoms. The molecule has 0 aliphatic rings. The van der Waals surface area contributed by atoms with E-state index >= 15 is 0 Å². The zero-order valence-electron chi connectivity index (χ0n) is 13.6. The van der Waals surface area contributed by atoms with E-state index in [9.17, 15) is 8.78 Å². The van der Waals surface area contributed by atoms with E-state index in [1.807, 2.05) is 19.1 Å². The fraction of sp³-hybridized carbons (Fsp3) is 0.250. The number of hydrogen-bond donors (Lipinski definition) is 1. The summed E-state index contributed by atoms with van der Waals surface area (Å²) in [4.78, 5) is 12.9. The van der Waals surface area contributed by atoms with Crippen molar-refractivity contribution in [3.8, 4) is 11.3 Å². The number of alkyl halides is 2. The largest absolute Gasteiger partial charge is 0.367 e. The number of nitrogens with zero attached hydrogens (tertiary/aromatic N) is 6. The second kappa shape index (κ2) is 5.47. The number of anilines is 1. The number of nitrogen functional groups attached to an aromatic ring is 1. The second-order valence-electron chi connectivity index (χ2n) is 5.81. The van der Waals surface area contributed by atoms with Crippen LogP contribution in [-0.2, 0) is 6.54 Å². The highest BCUT2D eigenvalue weighted by Crippen LogP contribution is 2.28. The number of fused-ring (bicyclic) bond motifs is 2. The molecular formula is C16H15F2N7. The fourth-order valence-electron chi connectivity index (χ4n) is 2.99. The van der Waals surface area contributed by atoms with Gasteiger partial charge in [-0.25, -0.2) is 28.2 Å². The van der Waals surface area contributed by atoms with Crippen LogP contribution in [0.3, 0.4) is 0 Å². The van der Waals surface area contributed by atoms with E-state index in [1.54, 1.807) is 23.7 Å². The van der Waals surface area contributed by atoms with Crippen molar-refractivity contribution in [2.24, 2.45) is 0 Å². The van der Waals surface area contributed by atoms with E-state index in [1.165, 1.54) is 4.57 Å². The Morgan fingerprint density at radius 2 is 2.00 bits per heavy atom. The van der Waals surface area contributed by atoms with Crippen LogP contribution in [-0.4, -0.2) is 35.6 Å². The molecule has 0 aliphatic heterocycles. The van der Waals surface area contributed by atoms with Gasteiger partial charge in [-0.2, -0.15) is 0 Å². The predicted octanol–water partition coefficient (Wildman–Crippen LogP) is 2.61. The van der Waals surface area contributed by atoms with Gasteiger partial charge in [-0.1, -0.05) is 0 Å². The molecule has 0 aliphatic carbocycles. The van der Waals surface area contributed by atoms with Crippen molar-refractivity contribution < 1.29 is 8.78 Å². The highest BCUT2D eigenvalue weighted by molar-refractivity contribution is 5.83. The Labute approximate surface area is 141 Å². The van der Waals surface area contributed by atoms with E-state index in [0.29, 0.717) is 22.7 Å². The third-order valence-electron chi connectivity index (χ3n) is 4.09. The molecule has 4 rings (SSSR count). The van der Waals surface area contributed by atoms with Gasteiger partial charge in [0.15, 0.2) is 5.65 Å². The Balaban J connectivity index is 1.93. The minimum atomic E-state index is -2.48. The van der Waals surface area contributed by atoms with Crippen molar-refractivity contribution in [1.29, 1.82) is 0 Å². The molecule has 4 heterocycles. The van der Waals surface area contributed by atoms with Crippen molar-refractivity contribution in [2.75, 3.05) is 5.73 Å². The molecule has 25 heavy (non-hydrogen) atoms. The first-order valence-electron chi connectivity index (χ1n) is 7.67. The van der Waals surface area contributed by atoms with Gasteiger partial charge in [0.2, 0.25) is 5.95 Å². The summed E-state index contributed by atoms with van der Waals surface area (Å²) in [5.74, 6) is 0.681. The van der Waals surface area contributed by atoms with Crippen molar-refractivity contribution >= 4 is 22.6 Å². The van der Waals surface area contributed by atoms with Crippen molar-refractivity contribution in [3.05, 3.63) is 35.9 Å². The van der Waals surface area contributed by atoms with Gasteiger partial charge in [0.25, 0.3) is 6.43 Å². The van der Waals surface area contributed by atoms with Crippen LogP contribution in [0.2, 0.25) is 0 Å². The minimum absolute atomic E-state index is 0.173. The number of nitrogens with two attached hydrogens (primary N) is 1. The van der Waals surface area contributed by atoms with E-state index in [0.717, 1.165) is 16.8 Å². The van der Waals surface area contributed by atoms with Crippen molar-refractivity contribution in [1.82, 2.24) is 29.1 Å². The van der Waals surface area contributed by atoms with Crippen molar-refractivity contribution in [3.63, 3.8) is 0 Å². The molecule has 0 bridgehead atoms. The van der Waals surface area contributed by atoms with Gasteiger partial charge >= 0.3 is 0 Å². The summed E-state index contributed by atoms with van der Waals surface area (Å²) in [7, 11) is 0. The molecule has 0 saturated carbocycles. The molecular weight excluding hydrogens is 328 g/mol. The molecule has 0 aromatic carbocycles. The van der Waals surface area contributed by atoms with Crippen LogP contribution in [0.4, 0.5) is 14.7 Å². The summed E-state index contributed by atoms with van der Waals surface area (Å²) < 4.78 is 28.9. The standard InChI is InChI=1S/C16H15F2N7/c1-8-5-10(13-6-20-16(19)23-25(8)13)11-3-4-12-15(22-11)24(7-14(17)18)9(2)21-12/h3-6,14H,7H2,1-2H3,(H2,19,23). The Kier molecular flexibility index (Phi) is 3.38. The molecule has 0 atom stereocenters. The average molecular weight is 343 g/mol. The first-order valence-corrected chi connectivity index (χ1v) is 7.67. The Morgan fingerprint density at radius 1 is 1.20 bits per heavy atom. The lowest BCUT2D eigenvalue weighted by atomic mass is 10.2. The van der Waals surface area contributed by atoms with Gasteiger partial charge in [-0.15, -0.1) is 5.10 Å². The number of aryl methyl sites for hydroxylation is 2. The van der Waals surface area contributed by atoms with Gasteiger partial charge in [-0.3, -0.25) is 0 Å². The van der Waals surface area contributed by atoms with Crippen molar-refractivity contribution in [2.45, 2.75) is 26.8 Å². The zero-order valence-corrected chi connectivity index (χ0v) is 13.6.